The number of aromatic carboxylic acids is 1. The zero-order valence-corrected chi connectivity index (χ0v) is 14.6. The van der Waals surface area contributed by atoms with Gasteiger partial charge in [0.15, 0.2) is 5.11 Å². The van der Waals surface area contributed by atoms with Gasteiger partial charge in [-0.3, -0.25) is 10.1 Å². The van der Waals surface area contributed by atoms with Crippen molar-refractivity contribution < 1.29 is 14.7 Å². The Morgan fingerprint density at radius 1 is 1.17 bits per heavy atom. The number of carboxylic acids is 1. The Morgan fingerprint density at radius 2 is 1.88 bits per heavy atom. The van der Waals surface area contributed by atoms with Crippen LogP contribution >= 0.6 is 23.8 Å². The summed E-state index contributed by atoms with van der Waals surface area (Å²) in [6.45, 7) is 3.50. The molecule has 0 saturated carbocycles. The predicted molar refractivity (Wildman–Crippen MR) is 98.0 cm³/mol. The molecule has 24 heavy (non-hydrogen) atoms. The maximum atomic E-state index is 12.2. The van der Waals surface area contributed by atoms with E-state index in [1.54, 1.807) is 37.3 Å². The molecule has 0 fully saturated rings. The van der Waals surface area contributed by atoms with E-state index in [2.05, 4.69) is 10.6 Å². The highest BCUT2D eigenvalue weighted by Crippen LogP contribution is 2.19. The average Bonchev–Trinajstić information content (AvgIpc) is 2.51. The first-order valence-electron chi connectivity index (χ1n) is 7.01. The van der Waals surface area contributed by atoms with E-state index in [0.29, 0.717) is 21.8 Å². The lowest BCUT2D eigenvalue weighted by Gasteiger charge is -2.13. The Bertz CT molecular complexity index is 837. The minimum Gasteiger partial charge on any atom is -0.478 e. The molecule has 0 aliphatic heterocycles. The second kappa shape index (κ2) is 7.42. The van der Waals surface area contributed by atoms with E-state index in [1.807, 2.05) is 6.92 Å². The summed E-state index contributed by atoms with van der Waals surface area (Å²) in [6.07, 6.45) is 0. The van der Waals surface area contributed by atoms with Crippen LogP contribution in [0, 0.1) is 13.8 Å². The van der Waals surface area contributed by atoms with Crippen LogP contribution in [0.4, 0.5) is 5.69 Å². The number of halogens is 1. The second-order valence-corrected chi connectivity index (χ2v) is 5.97. The molecule has 0 spiro atoms. The normalized spacial score (nSPS) is 10.1. The zero-order valence-electron chi connectivity index (χ0n) is 13.0. The smallest absolute Gasteiger partial charge is 0.336 e. The summed E-state index contributed by atoms with van der Waals surface area (Å²) in [4.78, 5) is 23.3. The maximum Gasteiger partial charge on any atom is 0.336 e. The van der Waals surface area contributed by atoms with E-state index >= 15 is 0 Å². The molecule has 2 rings (SSSR count). The lowest BCUT2D eigenvalue weighted by Crippen LogP contribution is -2.34. The summed E-state index contributed by atoms with van der Waals surface area (Å²) in [7, 11) is 0. The van der Waals surface area contributed by atoms with Crippen LogP contribution in [0.25, 0.3) is 0 Å². The van der Waals surface area contributed by atoms with Gasteiger partial charge in [-0.25, -0.2) is 4.79 Å². The quantitative estimate of drug-likeness (QED) is 0.724. The van der Waals surface area contributed by atoms with E-state index < -0.39 is 11.9 Å². The monoisotopic (exact) mass is 362 g/mol. The van der Waals surface area contributed by atoms with Crippen molar-refractivity contribution in [1.82, 2.24) is 5.32 Å². The summed E-state index contributed by atoms with van der Waals surface area (Å²) in [5.74, 6) is -1.43. The number of carboxylic acid groups (broad SMARTS) is 1. The van der Waals surface area contributed by atoms with Gasteiger partial charge >= 0.3 is 5.97 Å². The Kier molecular flexibility index (Phi) is 5.54. The molecule has 124 valence electrons. The van der Waals surface area contributed by atoms with Crippen molar-refractivity contribution in [2.45, 2.75) is 13.8 Å². The van der Waals surface area contributed by atoms with E-state index in [9.17, 15) is 9.59 Å². The lowest BCUT2D eigenvalue weighted by atomic mass is 10.1. The van der Waals surface area contributed by atoms with Gasteiger partial charge in [-0.05, 0) is 61.5 Å². The molecule has 2 aromatic rings. The molecule has 5 nitrogen and oxygen atoms in total. The highest BCUT2D eigenvalue weighted by atomic mass is 35.5. The minimum absolute atomic E-state index is 0.0716. The van der Waals surface area contributed by atoms with Crippen LogP contribution in [0.15, 0.2) is 36.4 Å². The molecule has 3 N–H and O–H groups in total. The Hall–Kier alpha value is -2.44. The van der Waals surface area contributed by atoms with E-state index in [4.69, 9.17) is 28.9 Å². The number of carbonyl (C=O) groups is 2. The number of benzene rings is 2. The van der Waals surface area contributed by atoms with E-state index in [1.165, 1.54) is 6.07 Å². The van der Waals surface area contributed by atoms with Crippen molar-refractivity contribution in [2.75, 3.05) is 5.32 Å². The van der Waals surface area contributed by atoms with Crippen molar-refractivity contribution in [3.63, 3.8) is 0 Å². The number of nitrogens with one attached hydrogen (secondary N) is 2. The maximum absolute atomic E-state index is 12.2. The summed E-state index contributed by atoms with van der Waals surface area (Å²) < 4.78 is 0. The summed E-state index contributed by atoms with van der Waals surface area (Å²) in [6, 6.07) is 9.74. The van der Waals surface area contributed by atoms with Crippen LogP contribution < -0.4 is 10.6 Å². The lowest BCUT2D eigenvalue weighted by molar-refractivity contribution is 0.0696. The molecule has 0 aliphatic rings. The van der Waals surface area contributed by atoms with Crippen molar-refractivity contribution in [3.8, 4) is 0 Å². The van der Waals surface area contributed by atoms with Crippen molar-refractivity contribution in [2.24, 2.45) is 0 Å². The van der Waals surface area contributed by atoms with Gasteiger partial charge in [0.25, 0.3) is 5.91 Å². The molecule has 0 radical (unpaired) electrons. The van der Waals surface area contributed by atoms with Crippen molar-refractivity contribution in [1.29, 1.82) is 0 Å². The fourth-order valence-corrected chi connectivity index (χ4v) is 2.45. The van der Waals surface area contributed by atoms with Crippen LogP contribution in [0.2, 0.25) is 5.02 Å². The zero-order chi connectivity index (χ0) is 17.9. The van der Waals surface area contributed by atoms with Crippen LogP contribution in [-0.2, 0) is 0 Å². The first-order valence-corrected chi connectivity index (χ1v) is 7.79. The number of rotatable bonds is 3. The molecular weight excluding hydrogens is 348 g/mol. The average molecular weight is 363 g/mol. The topological polar surface area (TPSA) is 78.4 Å². The molecule has 0 heterocycles. The number of thiocarbonyl (C=S) groups is 1. The third kappa shape index (κ3) is 4.10. The number of hydrogen-bond acceptors (Lipinski definition) is 3. The standard InChI is InChI=1S/C17H15ClN2O3S/c1-9-6-7-11(8-13(9)18)15(21)20-17(24)19-14-5-3-4-12(10(14)2)16(22)23/h3-8H,1-2H3,(H,22,23)(H2,19,20,21,24). The van der Waals surface area contributed by atoms with Gasteiger partial charge in [-0.15, -0.1) is 0 Å². The molecule has 7 heteroatoms. The molecule has 1 amide bonds. The van der Waals surface area contributed by atoms with Gasteiger partial charge in [-0.2, -0.15) is 0 Å². The number of carbonyl (C=O) groups excluding carboxylic acids is 1. The summed E-state index contributed by atoms with van der Waals surface area (Å²) in [5, 5.41) is 15.1. The molecular formula is C17H15ClN2O3S. The van der Waals surface area contributed by atoms with Crippen molar-refractivity contribution in [3.05, 3.63) is 63.7 Å². The van der Waals surface area contributed by atoms with Crippen LogP contribution in [0.5, 0.6) is 0 Å². The number of anilines is 1. The van der Waals surface area contributed by atoms with Crippen LogP contribution in [-0.4, -0.2) is 22.1 Å². The van der Waals surface area contributed by atoms with Crippen molar-refractivity contribution >= 4 is 46.5 Å². The van der Waals surface area contributed by atoms with Gasteiger partial charge in [0.05, 0.1) is 5.56 Å². The van der Waals surface area contributed by atoms with Gasteiger partial charge < -0.3 is 10.4 Å². The summed E-state index contributed by atoms with van der Waals surface area (Å²) in [5.41, 5.74) is 2.46. The van der Waals surface area contributed by atoms with Crippen LogP contribution in [0.1, 0.15) is 31.8 Å². The van der Waals surface area contributed by atoms with Gasteiger partial charge in [-0.1, -0.05) is 23.7 Å². The third-order valence-electron chi connectivity index (χ3n) is 3.47. The van der Waals surface area contributed by atoms with E-state index in [0.717, 1.165) is 5.56 Å². The second-order valence-electron chi connectivity index (χ2n) is 5.16. The Balaban J connectivity index is 2.11. The van der Waals surface area contributed by atoms with Gasteiger partial charge in [0.1, 0.15) is 0 Å². The number of amides is 1. The third-order valence-corrected chi connectivity index (χ3v) is 4.08. The summed E-state index contributed by atoms with van der Waals surface area (Å²) >= 11 is 11.1. The molecule has 0 aromatic heterocycles. The fraction of sp³-hybridized carbons (Fsp3) is 0.118. The Labute approximate surface area is 149 Å². The molecule has 0 saturated heterocycles. The molecule has 0 atom stereocenters. The molecule has 0 unspecified atom stereocenters. The number of hydrogen-bond donors (Lipinski definition) is 3. The first kappa shape index (κ1) is 17.9. The predicted octanol–water partition coefficient (Wildman–Crippen LogP) is 3.78. The van der Waals surface area contributed by atoms with E-state index in [-0.39, 0.29) is 10.7 Å². The van der Waals surface area contributed by atoms with Crippen LogP contribution in [0.3, 0.4) is 0 Å². The first-order chi connectivity index (χ1) is 11.3. The Morgan fingerprint density at radius 3 is 2.50 bits per heavy atom. The minimum atomic E-state index is -1.03. The highest BCUT2D eigenvalue weighted by Gasteiger charge is 2.13. The SMILES string of the molecule is Cc1ccc(C(=O)NC(=S)Nc2cccc(C(=O)O)c2C)cc1Cl. The molecule has 0 bridgehead atoms. The highest BCUT2D eigenvalue weighted by molar-refractivity contribution is 7.80. The molecule has 2 aromatic carbocycles. The fourth-order valence-electron chi connectivity index (χ4n) is 2.07. The van der Waals surface area contributed by atoms with Gasteiger partial charge in [0, 0.05) is 16.3 Å². The molecule has 0 aliphatic carbocycles. The largest absolute Gasteiger partial charge is 0.478 e. The number of aryl methyl sites for hydroxylation is 1. The van der Waals surface area contributed by atoms with Gasteiger partial charge in [0.2, 0.25) is 0 Å².